The number of aromatic nitrogens is 1. The van der Waals surface area contributed by atoms with Crippen LogP contribution < -0.4 is 11.1 Å². The number of hydrogen-bond donors (Lipinski definition) is 2. The minimum Gasteiger partial charge on any atom is -0.376 e. The summed E-state index contributed by atoms with van der Waals surface area (Å²) in [7, 11) is 0. The number of nitrogens with two attached hydrogens (primary N) is 1. The first-order chi connectivity index (χ1) is 5.18. The quantitative estimate of drug-likeness (QED) is 0.569. The summed E-state index contributed by atoms with van der Waals surface area (Å²) in [6.07, 6.45) is 1.64. The van der Waals surface area contributed by atoms with E-state index in [4.69, 9.17) is 5.73 Å². The van der Waals surface area contributed by atoms with Gasteiger partial charge in [-0.3, -0.25) is 0 Å². The summed E-state index contributed by atoms with van der Waals surface area (Å²) in [4.78, 5) is 3.97. The van der Waals surface area contributed by atoms with Gasteiger partial charge in [0.05, 0.1) is 11.9 Å². The minimum atomic E-state index is 0.245. The smallest absolute Gasteiger partial charge is 0.168 e. The molecule has 1 aromatic rings. The van der Waals surface area contributed by atoms with Gasteiger partial charge in [0.25, 0.3) is 0 Å². The van der Waals surface area contributed by atoms with Crippen molar-refractivity contribution in [3.05, 3.63) is 22.9 Å². The molecule has 11 heavy (non-hydrogen) atoms. The van der Waals surface area contributed by atoms with Crippen LogP contribution in [-0.2, 0) is 0 Å². The molecule has 0 aliphatic rings. The summed E-state index contributed by atoms with van der Waals surface area (Å²) in [5.41, 5.74) is 6.04. The van der Waals surface area contributed by atoms with E-state index in [0.717, 1.165) is 10.3 Å². The van der Waals surface area contributed by atoms with Crippen molar-refractivity contribution in [3.63, 3.8) is 0 Å². The average Bonchev–Trinajstić information content (AvgIpc) is 1.93. The molecule has 0 aliphatic heterocycles. The summed E-state index contributed by atoms with van der Waals surface area (Å²) in [5, 5.41) is 3.00. The number of rotatable bonds is 1. The topological polar surface area (TPSA) is 50.9 Å². The van der Waals surface area contributed by atoms with Crippen molar-refractivity contribution in [2.45, 2.75) is 0 Å². The second-order valence-electron chi connectivity index (χ2n) is 1.86. The van der Waals surface area contributed by atoms with E-state index in [2.05, 4.69) is 38.4 Å². The molecule has 3 nitrogen and oxygen atoms in total. The van der Waals surface area contributed by atoms with E-state index in [9.17, 15) is 0 Å². The van der Waals surface area contributed by atoms with Crippen LogP contribution >= 0.6 is 28.1 Å². The van der Waals surface area contributed by atoms with Gasteiger partial charge in [-0.25, -0.2) is 4.98 Å². The van der Waals surface area contributed by atoms with E-state index >= 15 is 0 Å². The van der Waals surface area contributed by atoms with Crippen LogP contribution in [0.4, 0.5) is 5.69 Å². The fraction of sp³-hybridized carbons (Fsp3) is 0. The third kappa shape index (κ3) is 2.81. The predicted molar refractivity (Wildman–Crippen MR) is 52.3 cm³/mol. The van der Waals surface area contributed by atoms with Crippen LogP contribution in [0.25, 0.3) is 0 Å². The molecule has 0 unspecified atom stereocenters. The summed E-state index contributed by atoms with van der Waals surface area (Å²) in [5.74, 6) is 0. The summed E-state index contributed by atoms with van der Waals surface area (Å²) in [6.45, 7) is 0. The van der Waals surface area contributed by atoms with E-state index in [0.29, 0.717) is 0 Å². The summed E-state index contributed by atoms with van der Waals surface area (Å²) >= 11 is 7.85. The molecule has 0 atom stereocenters. The van der Waals surface area contributed by atoms with Gasteiger partial charge in [-0.2, -0.15) is 0 Å². The van der Waals surface area contributed by atoms with Crippen molar-refractivity contribution in [2.75, 3.05) is 5.32 Å². The van der Waals surface area contributed by atoms with Gasteiger partial charge in [-0.15, -0.1) is 0 Å². The Morgan fingerprint density at radius 1 is 1.64 bits per heavy atom. The molecule has 0 saturated heterocycles. The molecular weight excluding hydrogens is 226 g/mol. The molecule has 0 aromatic carbocycles. The first-order valence-corrected chi connectivity index (χ1v) is 4.06. The van der Waals surface area contributed by atoms with Gasteiger partial charge in [0, 0.05) is 0 Å². The Morgan fingerprint density at radius 3 is 2.82 bits per heavy atom. The standard InChI is InChI=1S/C6H6BrN3S/c7-5-2-1-4(3-9-5)10-6(8)11/h1-3H,(H3,8,10,11). The Bertz CT molecular complexity index is 259. The zero-order chi connectivity index (χ0) is 8.27. The van der Waals surface area contributed by atoms with Crippen molar-refractivity contribution in [1.29, 1.82) is 0 Å². The predicted octanol–water partition coefficient (Wildman–Crippen LogP) is 1.50. The molecule has 5 heteroatoms. The monoisotopic (exact) mass is 231 g/mol. The van der Waals surface area contributed by atoms with Gasteiger partial charge in [-0.1, -0.05) is 0 Å². The SMILES string of the molecule is NC(=S)Nc1ccc(Br)nc1. The van der Waals surface area contributed by atoms with Crippen molar-refractivity contribution in [2.24, 2.45) is 5.73 Å². The van der Waals surface area contributed by atoms with E-state index in [-0.39, 0.29) is 5.11 Å². The van der Waals surface area contributed by atoms with Crippen molar-refractivity contribution >= 4 is 38.9 Å². The number of pyridine rings is 1. The van der Waals surface area contributed by atoms with E-state index in [1.807, 2.05) is 6.07 Å². The molecule has 0 fully saturated rings. The highest BCUT2D eigenvalue weighted by atomic mass is 79.9. The third-order valence-corrected chi connectivity index (χ3v) is 1.57. The van der Waals surface area contributed by atoms with Gasteiger partial charge in [-0.05, 0) is 40.3 Å². The highest BCUT2D eigenvalue weighted by molar-refractivity contribution is 9.10. The van der Waals surface area contributed by atoms with E-state index in [1.165, 1.54) is 0 Å². The van der Waals surface area contributed by atoms with Gasteiger partial charge in [0.2, 0.25) is 0 Å². The average molecular weight is 232 g/mol. The maximum atomic E-state index is 5.24. The van der Waals surface area contributed by atoms with Crippen LogP contribution in [0.5, 0.6) is 0 Å². The zero-order valence-electron chi connectivity index (χ0n) is 5.54. The Hall–Kier alpha value is -0.680. The fourth-order valence-electron chi connectivity index (χ4n) is 0.592. The lowest BCUT2D eigenvalue weighted by molar-refractivity contribution is 1.28. The lowest BCUT2D eigenvalue weighted by Crippen LogP contribution is -2.18. The van der Waals surface area contributed by atoms with Gasteiger partial charge in [0.1, 0.15) is 4.60 Å². The maximum Gasteiger partial charge on any atom is 0.168 e. The van der Waals surface area contributed by atoms with Crippen LogP contribution in [-0.4, -0.2) is 10.1 Å². The van der Waals surface area contributed by atoms with Gasteiger partial charge < -0.3 is 11.1 Å². The van der Waals surface area contributed by atoms with Crippen LogP contribution in [0.3, 0.4) is 0 Å². The minimum absolute atomic E-state index is 0.245. The lowest BCUT2D eigenvalue weighted by atomic mass is 10.4. The molecule has 1 rings (SSSR count). The van der Waals surface area contributed by atoms with Gasteiger partial charge >= 0.3 is 0 Å². The zero-order valence-corrected chi connectivity index (χ0v) is 7.95. The molecular formula is C6H6BrN3S. The van der Waals surface area contributed by atoms with E-state index < -0.39 is 0 Å². The van der Waals surface area contributed by atoms with Gasteiger partial charge in [0.15, 0.2) is 5.11 Å². The summed E-state index contributed by atoms with van der Waals surface area (Å²) < 4.78 is 0.783. The summed E-state index contributed by atoms with van der Waals surface area (Å²) in [6, 6.07) is 3.64. The number of hydrogen-bond acceptors (Lipinski definition) is 2. The first-order valence-electron chi connectivity index (χ1n) is 2.86. The number of anilines is 1. The first kappa shape index (κ1) is 8.42. The van der Waals surface area contributed by atoms with Crippen LogP contribution in [0.1, 0.15) is 0 Å². The number of nitrogens with one attached hydrogen (secondary N) is 1. The Balaban J connectivity index is 2.74. The van der Waals surface area contributed by atoms with Crippen molar-refractivity contribution < 1.29 is 0 Å². The molecule has 58 valence electrons. The number of thiocarbonyl (C=S) groups is 1. The molecule has 0 bridgehead atoms. The molecule has 1 heterocycles. The second-order valence-corrected chi connectivity index (χ2v) is 3.11. The Labute approximate surface area is 78.1 Å². The Kier molecular flexibility index (Phi) is 2.78. The Morgan fingerprint density at radius 2 is 2.36 bits per heavy atom. The highest BCUT2D eigenvalue weighted by Crippen LogP contribution is 2.09. The third-order valence-electron chi connectivity index (χ3n) is 0.995. The van der Waals surface area contributed by atoms with E-state index in [1.54, 1.807) is 12.3 Å². The molecule has 0 saturated carbocycles. The lowest BCUT2D eigenvalue weighted by Gasteiger charge is -2.01. The fourth-order valence-corrected chi connectivity index (χ4v) is 0.944. The molecule has 0 aliphatic carbocycles. The maximum absolute atomic E-state index is 5.24. The normalized spacial score (nSPS) is 9.18. The molecule has 0 spiro atoms. The molecule has 0 amide bonds. The van der Waals surface area contributed by atoms with Crippen LogP contribution in [0.2, 0.25) is 0 Å². The molecule has 1 aromatic heterocycles. The second kappa shape index (κ2) is 3.64. The number of nitrogens with zero attached hydrogens (tertiary/aromatic N) is 1. The van der Waals surface area contributed by atoms with Crippen LogP contribution in [0, 0.1) is 0 Å². The number of halogens is 1. The largest absolute Gasteiger partial charge is 0.376 e. The van der Waals surface area contributed by atoms with Crippen LogP contribution in [0.15, 0.2) is 22.9 Å². The van der Waals surface area contributed by atoms with Crippen molar-refractivity contribution in [1.82, 2.24) is 4.98 Å². The van der Waals surface area contributed by atoms with Crippen molar-refractivity contribution in [3.8, 4) is 0 Å². The molecule has 3 N–H and O–H groups in total. The highest BCUT2D eigenvalue weighted by Gasteiger charge is 1.92. The molecule has 0 radical (unpaired) electrons.